The van der Waals surface area contributed by atoms with Gasteiger partial charge in [0.05, 0.1) is 11.6 Å². The number of nitrogens with one attached hydrogen (secondary N) is 1. The lowest BCUT2D eigenvalue weighted by Crippen LogP contribution is -2.44. The van der Waals surface area contributed by atoms with Crippen LogP contribution in [0, 0.1) is 5.82 Å². The summed E-state index contributed by atoms with van der Waals surface area (Å²) in [6, 6.07) is 17.0. The van der Waals surface area contributed by atoms with Crippen LogP contribution >= 0.6 is 0 Å². The Bertz CT molecular complexity index is 1080. The number of anilines is 1. The van der Waals surface area contributed by atoms with E-state index in [9.17, 15) is 22.4 Å². The van der Waals surface area contributed by atoms with Gasteiger partial charge >= 0.3 is 12.2 Å². The smallest absolute Gasteiger partial charge is 0.313 e. The molecule has 3 aromatic carbocycles. The van der Waals surface area contributed by atoms with Gasteiger partial charge in [0.15, 0.2) is 0 Å². The molecular formula is C24H20F4N2O. The van der Waals surface area contributed by atoms with E-state index >= 15 is 0 Å². The van der Waals surface area contributed by atoms with Crippen molar-refractivity contribution in [3.05, 3.63) is 101 Å². The third kappa shape index (κ3) is 4.26. The molecular weight excluding hydrogens is 408 g/mol. The van der Waals surface area contributed by atoms with Crippen molar-refractivity contribution < 1.29 is 22.4 Å². The highest BCUT2D eigenvalue weighted by Gasteiger charge is 2.36. The SMILES string of the molecule is CC1CN(C(=O)Nc2ccc(F)cc2)C(c2ccc(C(F)(F)F)cc2)c2ccccc21. The van der Waals surface area contributed by atoms with Gasteiger partial charge < -0.3 is 10.2 Å². The van der Waals surface area contributed by atoms with Crippen LogP contribution in [0.1, 0.15) is 41.1 Å². The summed E-state index contributed by atoms with van der Waals surface area (Å²) in [4.78, 5) is 14.8. The summed E-state index contributed by atoms with van der Waals surface area (Å²) < 4.78 is 52.3. The van der Waals surface area contributed by atoms with E-state index < -0.39 is 29.6 Å². The number of hydrogen-bond acceptors (Lipinski definition) is 1. The number of benzene rings is 3. The zero-order valence-electron chi connectivity index (χ0n) is 16.7. The normalized spacial score (nSPS) is 18.4. The van der Waals surface area contributed by atoms with Crippen molar-refractivity contribution in [1.29, 1.82) is 0 Å². The molecule has 0 fully saturated rings. The molecule has 0 saturated heterocycles. The van der Waals surface area contributed by atoms with Crippen LogP contribution in [-0.4, -0.2) is 17.5 Å². The van der Waals surface area contributed by atoms with Crippen LogP contribution in [0.4, 0.5) is 28.0 Å². The summed E-state index contributed by atoms with van der Waals surface area (Å²) >= 11 is 0. The standard InChI is InChI=1S/C24H20F4N2O/c1-15-14-30(23(31)29-19-12-10-18(25)11-13-19)22(21-5-3-2-4-20(15)21)16-6-8-17(9-7-16)24(26,27)28/h2-13,15,22H,14H2,1H3,(H,29,31). The second kappa shape index (κ2) is 8.06. The molecule has 160 valence electrons. The Morgan fingerprint density at radius 1 is 0.935 bits per heavy atom. The molecule has 0 aromatic heterocycles. The molecule has 31 heavy (non-hydrogen) atoms. The molecule has 0 saturated carbocycles. The van der Waals surface area contributed by atoms with Crippen LogP contribution in [0.5, 0.6) is 0 Å². The van der Waals surface area contributed by atoms with Gasteiger partial charge in [-0.25, -0.2) is 9.18 Å². The Kier molecular flexibility index (Phi) is 5.43. The quantitative estimate of drug-likeness (QED) is 0.459. The first-order valence-electron chi connectivity index (χ1n) is 9.83. The van der Waals surface area contributed by atoms with E-state index in [4.69, 9.17) is 0 Å². The zero-order valence-corrected chi connectivity index (χ0v) is 16.7. The van der Waals surface area contributed by atoms with Crippen molar-refractivity contribution in [2.24, 2.45) is 0 Å². The van der Waals surface area contributed by atoms with Crippen LogP contribution in [0.3, 0.4) is 0 Å². The molecule has 0 aliphatic carbocycles. The number of urea groups is 1. The van der Waals surface area contributed by atoms with Crippen LogP contribution in [-0.2, 0) is 6.18 Å². The summed E-state index contributed by atoms with van der Waals surface area (Å²) in [5.41, 5.74) is 2.20. The Morgan fingerprint density at radius 3 is 2.16 bits per heavy atom. The van der Waals surface area contributed by atoms with E-state index in [1.165, 1.54) is 36.4 Å². The van der Waals surface area contributed by atoms with Crippen molar-refractivity contribution in [3.8, 4) is 0 Å². The Morgan fingerprint density at radius 2 is 1.55 bits per heavy atom. The van der Waals surface area contributed by atoms with E-state index in [0.29, 0.717) is 17.8 Å². The second-order valence-electron chi connectivity index (χ2n) is 7.64. The largest absolute Gasteiger partial charge is 0.416 e. The van der Waals surface area contributed by atoms with Crippen LogP contribution in [0.25, 0.3) is 0 Å². The fourth-order valence-electron chi connectivity index (χ4n) is 4.02. The number of fused-ring (bicyclic) bond motifs is 1. The van der Waals surface area contributed by atoms with Crippen molar-refractivity contribution in [2.75, 3.05) is 11.9 Å². The Labute approximate surface area is 177 Å². The number of amides is 2. The molecule has 3 nitrogen and oxygen atoms in total. The molecule has 2 unspecified atom stereocenters. The fraction of sp³-hybridized carbons (Fsp3) is 0.208. The van der Waals surface area contributed by atoms with Crippen molar-refractivity contribution >= 4 is 11.7 Å². The molecule has 1 aliphatic heterocycles. The third-order valence-electron chi connectivity index (χ3n) is 5.51. The van der Waals surface area contributed by atoms with Crippen LogP contribution in [0.2, 0.25) is 0 Å². The number of alkyl halides is 3. The summed E-state index contributed by atoms with van der Waals surface area (Å²) in [5, 5.41) is 2.77. The molecule has 2 amide bonds. The van der Waals surface area contributed by atoms with Gasteiger partial charge in [0.1, 0.15) is 5.82 Å². The zero-order chi connectivity index (χ0) is 22.2. The highest BCUT2D eigenvalue weighted by Crippen LogP contribution is 2.40. The first-order chi connectivity index (χ1) is 14.7. The highest BCUT2D eigenvalue weighted by molar-refractivity contribution is 5.90. The lowest BCUT2D eigenvalue weighted by atomic mass is 9.83. The van der Waals surface area contributed by atoms with E-state index in [1.54, 1.807) is 4.90 Å². The minimum atomic E-state index is -4.43. The first-order valence-corrected chi connectivity index (χ1v) is 9.83. The lowest BCUT2D eigenvalue weighted by Gasteiger charge is -2.40. The summed E-state index contributed by atoms with van der Waals surface area (Å²) in [6.07, 6.45) is -4.43. The first kappa shape index (κ1) is 20.9. The fourth-order valence-corrected chi connectivity index (χ4v) is 4.02. The molecule has 0 radical (unpaired) electrons. The van der Waals surface area contributed by atoms with Gasteiger partial charge in [-0.2, -0.15) is 13.2 Å². The molecule has 0 bridgehead atoms. The number of hydrogen-bond donors (Lipinski definition) is 1. The maximum Gasteiger partial charge on any atom is 0.416 e. The number of carbonyl (C=O) groups excluding carboxylic acids is 1. The minimum Gasteiger partial charge on any atom is -0.313 e. The molecule has 1 aliphatic rings. The van der Waals surface area contributed by atoms with Gasteiger partial charge in [0.2, 0.25) is 0 Å². The molecule has 7 heteroatoms. The topological polar surface area (TPSA) is 32.3 Å². The number of halogens is 4. The molecule has 3 aromatic rings. The van der Waals surface area contributed by atoms with Crippen molar-refractivity contribution in [1.82, 2.24) is 4.90 Å². The summed E-state index contributed by atoms with van der Waals surface area (Å²) in [7, 11) is 0. The molecule has 1 N–H and O–H groups in total. The molecule has 0 spiro atoms. The lowest BCUT2D eigenvalue weighted by molar-refractivity contribution is -0.137. The van der Waals surface area contributed by atoms with Crippen LogP contribution < -0.4 is 5.32 Å². The molecule has 1 heterocycles. The number of carbonyl (C=O) groups is 1. The average molecular weight is 428 g/mol. The number of rotatable bonds is 2. The van der Waals surface area contributed by atoms with Crippen LogP contribution in [0.15, 0.2) is 72.8 Å². The van der Waals surface area contributed by atoms with E-state index in [1.807, 2.05) is 31.2 Å². The van der Waals surface area contributed by atoms with Gasteiger partial charge in [-0.15, -0.1) is 0 Å². The third-order valence-corrected chi connectivity index (χ3v) is 5.51. The van der Waals surface area contributed by atoms with Gasteiger partial charge in [0.25, 0.3) is 0 Å². The van der Waals surface area contributed by atoms with E-state index in [-0.39, 0.29) is 5.92 Å². The minimum absolute atomic E-state index is 0.0425. The van der Waals surface area contributed by atoms with E-state index in [0.717, 1.165) is 23.3 Å². The predicted octanol–water partition coefficient (Wildman–Crippen LogP) is 6.59. The maximum atomic E-state index is 13.2. The van der Waals surface area contributed by atoms with E-state index in [2.05, 4.69) is 5.32 Å². The second-order valence-corrected chi connectivity index (χ2v) is 7.64. The monoisotopic (exact) mass is 428 g/mol. The summed E-state index contributed by atoms with van der Waals surface area (Å²) in [5.74, 6) is -0.373. The number of nitrogens with zero attached hydrogens (tertiary/aromatic N) is 1. The maximum absolute atomic E-state index is 13.2. The summed E-state index contributed by atoms with van der Waals surface area (Å²) in [6.45, 7) is 2.38. The molecule has 2 atom stereocenters. The van der Waals surface area contributed by atoms with Crippen molar-refractivity contribution in [2.45, 2.75) is 25.1 Å². The van der Waals surface area contributed by atoms with Gasteiger partial charge in [-0.3, -0.25) is 0 Å². The predicted molar refractivity (Wildman–Crippen MR) is 110 cm³/mol. The van der Waals surface area contributed by atoms with Gasteiger partial charge in [-0.05, 0) is 59.0 Å². The Hall–Kier alpha value is -3.35. The van der Waals surface area contributed by atoms with Gasteiger partial charge in [0, 0.05) is 12.2 Å². The van der Waals surface area contributed by atoms with Gasteiger partial charge in [-0.1, -0.05) is 43.3 Å². The highest BCUT2D eigenvalue weighted by atomic mass is 19.4. The molecule has 4 rings (SSSR count). The Balaban J connectivity index is 1.72. The average Bonchev–Trinajstić information content (AvgIpc) is 2.75. The van der Waals surface area contributed by atoms with Crippen molar-refractivity contribution in [3.63, 3.8) is 0 Å².